The van der Waals surface area contributed by atoms with Gasteiger partial charge in [0.2, 0.25) is 0 Å². The maximum Gasteiger partial charge on any atom is 0.270 e. The molecule has 0 heterocycles. The van der Waals surface area contributed by atoms with Gasteiger partial charge in [-0.25, -0.2) is 8.78 Å². The van der Waals surface area contributed by atoms with Crippen molar-refractivity contribution in [1.29, 1.82) is 0 Å². The van der Waals surface area contributed by atoms with Crippen LogP contribution in [-0.2, 0) is 0 Å². The number of hydrogen-bond donors (Lipinski definition) is 2. The molecule has 0 aliphatic heterocycles. The molecule has 2 N–H and O–H groups in total. The van der Waals surface area contributed by atoms with Crippen molar-refractivity contribution in [3.63, 3.8) is 0 Å². The van der Waals surface area contributed by atoms with Crippen molar-refractivity contribution in [3.8, 4) is 5.75 Å². The second-order valence-electron chi connectivity index (χ2n) is 3.75. The highest BCUT2D eigenvalue weighted by molar-refractivity contribution is 5.97. The van der Waals surface area contributed by atoms with Crippen LogP contribution in [0.1, 0.15) is 10.4 Å². The van der Waals surface area contributed by atoms with Crippen LogP contribution in [0.3, 0.4) is 0 Å². The molecule has 1 unspecified atom stereocenters. The number of halogens is 2. The Kier molecular flexibility index (Phi) is 5.32. The number of benzene rings is 1. The molecule has 0 saturated heterocycles. The van der Waals surface area contributed by atoms with Crippen molar-refractivity contribution in [1.82, 2.24) is 5.32 Å². The molecule has 0 saturated carbocycles. The van der Waals surface area contributed by atoms with Gasteiger partial charge in [-0.2, -0.15) is 0 Å². The van der Waals surface area contributed by atoms with E-state index in [2.05, 4.69) is 0 Å². The molecule has 1 aromatic carbocycles. The predicted octanol–water partition coefficient (Wildman–Crippen LogP) is 0.959. The van der Waals surface area contributed by atoms with Crippen LogP contribution < -0.4 is 10.1 Å². The lowest BCUT2D eigenvalue weighted by atomic mass is 10.1. The Hall–Kier alpha value is -2.29. The van der Waals surface area contributed by atoms with Gasteiger partial charge in [0.1, 0.15) is 11.9 Å². The summed E-state index contributed by atoms with van der Waals surface area (Å²) in [5.74, 6) is -0.801. The number of nitro benzene ring substituents is 1. The maximum atomic E-state index is 12.1. The van der Waals surface area contributed by atoms with Crippen molar-refractivity contribution in [2.24, 2.45) is 0 Å². The van der Waals surface area contributed by atoms with Crippen LogP contribution in [0.2, 0.25) is 0 Å². The van der Waals surface area contributed by atoms with E-state index >= 15 is 0 Å². The van der Waals surface area contributed by atoms with E-state index in [0.717, 1.165) is 12.1 Å². The molecular weight excluding hydrogens is 278 g/mol. The molecule has 0 aliphatic rings. The van der Waals surface area contributed by atoms with Crippen molar-refractivity contribution in [3.05, 3.63) is 33.9 Å². The molecule has 1 aromatic rings. The summed E-state index contributed by atoms with van der Waals surface area (Å²) in [6.45, 7) is -0.678. The van der Waals surface area contributed by atoms with E-state index in [-0.39, 0.29) is 17.0 Å². The molecule has 9 heteroatoms. The average Bonchev–Trinajstić information content (AvgIpc) is 2.43. The zero-order chi connectivity index (χ0) is 15.3. The summed E-state index contributed by atoms with van der Waals surface area (Å²) < 4.78 is 29.0. The lowest BCUT2D eigenvalue weighted by molar-refractivity contribution is -0.384. The number of ether oxygens (including phenoxy) is 1. The summed E-state index contributed by atoms with van der Waals surface area (Å²) in [6, 6.07) is 3.32. The number of non-ortho nitro benzene ring substituents is 1. The van der Waals surface area contributed by atoms with E-state index in [9.17, 15) is 23.7 Å². The van der Waals surface area contributed by atoms with Crippen molar-refractivity contribution >= 4 is 11.6 Å². The Morgan fingerprint density at radius 1 is 1.55 bits per heavy atom. The molecule has 0 fully saturated rings. The van der Waals surface area contributed by atoms with E-state index in [4.69, 9.17) is 9.84 Å². The van der Waals surface area contributed by atoms with E-state index in [1.807, 2.05) is 5.32 Å². The van der Waals surface area contributed by atoms with Gasteiger partial charge >= 0.3 is 0 Å². The van der Waals surface area contributed by atoms with Crippen LogP contribution in [0.4, 0.5) is 14.5 Å². The van der Waals surface area contributed by atoms with Crippen molar-refractivity contribution in [2.45, 2.75) is 12.5 Å². The van der Waals surface area contributed by atoms with E-state index in [1.54, 1.807) is 0 Å². The summed E-state index contributed by atoms with van der Waals surface area (Å²) in [5, 5.41) is 21.6. The fourth-order valence-electron chi connectivity index (χ4n) is 1.37. The van der Waals surface area contributed by atoms with Crippen LogP contribution in [0.5, 0.6) is 5.75 Å². The minimum Gasteiger partial charge on any atom is -0.496 e. The van der Waals surface area contributed by atoms with Gasteiger partial charge in [-0.1, -0.05) is 0 Å². The molecule has 7 nitrogen and oxygen atoms in total. The number of nitrogens with one attached hydrogen (secondary N) is 1. The quantitative estimate of drug-likeness (QED) is 0.600. The monoisotopic (exact) mass is 290 g/mol. The first kappa shape index (κ1) is 15.8. The highest BCUT2D eigenvalue weighted by Gasteiger charge is 2.21. The molecule has 0 radical (unpaired) electrons. The van der Waals surface area contributed by atoms with Gasteiger partial charge in [-0.3, -0.25) is 14.9 Å². The summed E-state index contributed by atoms with van der Waals surface area (Å²) in [5.41, 5.74) is -0.520. The van der Waals surface area contributed by atoms with Gasteiger partial charge in [0, 0.05) is 18.7 Å². The maximum absolute atomic E-state index is 12.1. The average molecular weight is 290 g/mol. The minimum absolute atomic E-state index is 0.0552. The summed E-state index contributed by atoms with van der Waals surface area (Å²) in [7, 11) is 1.26. The van der Waals surface area contributed by atoms with Crippen molar-refractivity contribution < 1.29 is 28.3 Å². The van der Waals surface area contributed by atoms with Crippen LogP contribution >= 0.6 is 0 Å². The van der Waals surface area contributed by atoms with E-state index in [0.29, 0.717) is 0 Å². The fraction of sp³-hybridized carbons (Fsp3) is 0.364. The number of carbonyl (C=O) groups excluding carboxylic acids is 1. The Labute approximate surface area is 112 Å². The summed E-state index contributed by atoms with van der Waals surface area (Å²) in [4.78, 5) is 21.7. The van der Waals surface area contributed by atoms with Crippen LogP contribution in [-0.4, -0.2) is 42.1 Å². The topological polar surface area (TPSA) is 102 Å². The molecule has 1 atom stereocenters. The number of hydrogen-bond acceptors (Lipinski definition) is 5. The number of aliphatic hydroxyl groups excluding tert-OH is 1. The third-order valence-electron chi connectivity index (χ3n) is 2.40. The van der Waals surface area contributed by atoms with Crippen LogP contribution in [0.25, 0.3) is 0 Å². The smallest absolute Gasteiger partial charge is 0.270 e. The molecule has 0 bridgehead atoms. The number of rotatable bonds is 6. The second kappa shape index (κ2) is 6.75. The number of nitro groups is 1. The number of amides is 1. The van der Waals surface area contributed by atoms with Crippen LogP contribution in [0.15, 0.2) is 18.2 Å². The zero-order valence-corrected chi connectivity index (χ0v) is 10.4. The Balaban J connectivity index is 2.90. The van der Waals surface area contributed by atoms with Gasteiger partial charge in [0.15, 0.2) is 0 Å². The molecule has 110 valence electrons. The van der Waals surface area contributed by atoms with E-state index < -0.39 is 29.9 Å². The SMILES string of the molecule is COc1ccc([N+](=O)[O-])cc1C(=O)NCC(O)C(F)F. The fourth-order valence-corrected chi connectivity index (χ4v) is 1.37. The zero-order valence-electron chi connectivity index (χ0n) is 10.4. The van der Waals surface area contributed by atoms with E-state index in [1.165, 1.54) is 13.2 Å². The molecular formula is C11H12F2N2O5. The predicted molar refractivity (Wildman–Crippen MR) is 64.0 cm³/mol. The third-order valence-corrected chi connectivity index (χ3v) is 2.40. The number of nitrogens with zero attached hydrogens (tertiary/aromatic N) is 1. The third kappa shape index (κ3) is 3.85. The minimum atomic E-state index is -3.00. The van der Waals surface area contributed by atoms with Gasteiger partial charge in [-0.15, -0.1) is 0 Å². The number of alkyl halides is 2. The van der Waals surface area contributed by atoms with Gasteiger partial charge in [0.05, 0.1) is 17.6 Å². The molecule has 0 aliphatic carbocycles. The Morgan fingerprint density at radius 2 is 2.20 bits per heavy atom. The number of carbonyl (C=O) groups is 1. The number of aliphatic hydroxyl groups is 1. The summed E-state index contributed by atoms with van der Waals surface area (Å²) in [6.07, 6.45) is -5.01. The first-order valence-electron chi connectivity index (χ1n) is 5.43. The molecule has 20 heavy (non-hydrogen) atoms. The Bertz CT molecular complexity index is 510. The molecule has 0 spiro atoms. The van der Waals surface area contributed by atoms with Gasteiger partial charge in [0.25, 0.3) is 18.0 Å². The summed E-state index contributed by atoms with van der Waals surface area (Å²) >= 11 is 0. The Morgan fingerprint density at radius 3 is 2.70 bits per heavy atom. The normalized spacial score (nSPS) is 12.1. The van der Waals surface area contributed by atoms with Gasteiger partial charge in [-0.05, 0) is 6.07 Å². The van der Waals surface area contributed by atoms with Gasteiger partial charge < -0.3 is 15.2 Å². The number of methoxy groups -OCH3 is 1. The highest BCUT2D eigenvalue weighted by Crippen LogP contribution is 2.23. The van der Waals surface area contributed by atoms with Crippen molar-refractivity contribution in [2.75, 3.05) is 13.7 Å². The molecule has 1 amide bonds. The largest absolute Gasteiger partial charge is 0.496 e. The first-order chi connectivity index (χ1) is 9.36. The van der Waals surface area contributed by atoms with Crippen LogP contribution in [0, 0.1) is 10.1 Å². The highest BCUT2D eigenvalue weighted by atomic mass is 19.3. The standard InChI is InChI=1S/C11H12F2N2O5/c1-20-9-3-2-6(15(18)19)4-7(9)11(17)14-5-8(16)10(12)13/h2-4,8,10,16H,5H2,1H3,(H,14,17). The molecule has 0 aromatic heterocycles. The second-order valence-corrected chi connectivity index (χ2v) is 3.75. The lowest BCUT2D eigenvalue weighted by Crippen LogP contribution is -2.36. The molecule has 1 rings (SSSR count). The first-order valence-corrected chi connectivity index (χ1v) is 5.43. The lowest BCUT2D eigenvalue weighted by Gasteiger charge is -2.12.